The summed E-state index contributed by atoms with van der Waals surface area (Å²) in [6, 6.07) is 14.0. The summed E-state index contributed by atoms with van der Waals surface area (Å²) in [6.07, 6.45) is 0. The van der Waals surface area contributed by atoms with E-state index < -0.39 is 5.91 Å². The van der Waals surface area contributed by atoms with Gasteiger partial charge in [-0.15, -0.1) is 0 Å². The fourth-order valence-electron chi connectivity index (χ4n) is 1.38. The molecule has 0 aliphatic rings. The van der Waals surface area contributed by atoms with Crippen molar-refractivity contribution < 1.29 is 9.53 Å². The van der Waals surface area contributed by atoms with Crippen molar-refractivity contribution >= 4 is 17.5 Å². The number of primary amides is 1. The molecule has 4 heteroatoms. The molecular weight excluding hydrogens is 238 g/mol. The number of carbonyl (C=O) groups is 1. The van der Waals surface area contributed by atoms with Crippen LogP contribution >= 0.6 is 11.6 Å². The SMILES string of the molecule is NC(=O)c1cc(Oc2ccccc2)ccc1Cl. The van der Waals surface area contributed by atoms with Crippen LogP contribution in [0.1, 0.15) is 10.4 Å². The van der Waals surface area contributed by atoms with Crippen LogP contribution in [0.2, 0.25) is 5.02 Å². The number of hydrogen-bond donors (Lipinski definition) is 1. The minimum Gasteiger partial charge on any atom is -0.457 e. The lowest BCUT2D eigenvalue weighted by atomic mass is 10.2. The lowest BCUT2D eigenvalue weighted by molar-refractivity contribution is 0.1000. The van der Waals surface area contributed by atoms with Crippen molar-refractivity contribution in [2.75, 3.05) is 0 Å². The van der Waals surface area contributed by atoms with Crippen LogP contribution in [0, 0.1) is 0 Å². The maximum atomic E-state index is 11.1. The Labute approximate surface area is 104 Å². The molecule has 3 nitrogen and oxygen atoms in total. The average Bonchev–Trinajstić information content (AvgIpc) is 2.32. The number of nitrogens with two attached hydrogens (primary N) is 1. The molecule has 0 atom stereocenters. The van der Waals surface area contributed by atoms with Gasteiger partial charge >= 0.3 is 0 Å². The number of hydrogen-bond acceptors (Lipinski definition) is 2. The Morgan fingerprint density at radius 3 is 2.41 bits per heavy atom. The van der Waals surface area contributed by atoms with Crippen LogP contribution in [0.15, 0.2) is 48.5 Å². The molecule has 0 radical (unpaired) electrons. The molecular formula is C13H10ClNO2. The van der Waals surface area contributed by atoms with E-state index in [9.17, 15) is 4.79 Å². The highest BCUT2D eigenvalue weighted by Gasteiger charge is 2.08. The summed E-state index contributed by atoms with van der Waals surface area (Å²) < 4.78 is 5.56. The van der Waals surface area contributed by atoms with Gasteiger partial charge in [0.1, 0.15) is 11.5 Å². The lowest BCUT2D eigenvalue weighted by Gasteiger charge is -2.07. The fourth-order valence-corrected chi connectivity index (χ4v) is 1.59. The molecule has 17 heavy (non-hydrogen) atoms. The van der Waals surface area contributed by atoms with E-state index in [0.29, 0.717) is 16.5 Å². The zero-order valence-corrected chi connectivity index (χ0v) is 9.65. The van der Waals surface area contributed by atoms with Crippen molar-refractivity contribution in [2.24, 2.45) is 5.73 Å². The van der Waals surface area contributed by atoms with Crippen LogP contribution in [0.5, 0.6) is 11.5 Å². The van der Waals surface area contributed by atoms with Gasteiger partial charge in [0.25, 0.3) is 0 Å². The van der Waals surface area contributed by atoms with E-state index in [-0.39, 0.29) is 5.56 Å². The summed E-state index contributed by atoms with van der Waals surface area (Å²) in [4.78, 5) is 11.1. The van der Waals surface area contributed by atoms with Crippen LogP contribution in [0.4, 0.5) is 0 Å². The second kappa shape index (κ2) is 4.89. The summed E-state index contributed by atoms with van der Waals surface area (Å²) in [7, 11) is 0. The van der Waals surface area contributed by atoms with E-state index in [1.165, 1.54) is 6.07 Å². The minimum absolute atomic E-state index is 0.250. The second-order valence-electron chi connectivity index (χ2n) is 3.42. The Hall–Kier alpha value is -2.00. The van der Waals surface area contributed by atoms with Crippen LogP contribution in [-0.4, -0.2) is 5.91 Å². The van der Waals surface area contributed by atoms with Gasteiger partial charge in [0, 0.05) is 0 Å². The fraction of sp³-hybridized carbons (Fsp3) is 0. The number of para-hydroxylation sites is 1. The summed E-state index contributed by atoms with van der Waals surface area (Å²) in [5, 5.41) is 0.318. The number of rotatable bonds is 3. The molecule has 0 spiro atoms. The van der Waals surface area contributed by atoms with Crippen molar-refractivity contribution in [2.45, 2.75) is 0 Å². The number of halogens is 1. The van der Waals surface area contributed by atoms with Crippen LogP contribution in [0.25, 0.3) is 0 Å². The third-order valence-corrected chi connectivity index (χ3v) is 2.51. The highest BCUT2D eigenvalue weighted by Crippen LogP contribution is 2.25. The molecule has 0 aliphatic carbocycles. The first kappa shape index (κ1) is 11.5. The number of benzene rings is 2. The smallest absolute Gasteiger partial charge is 0.250 e. The van der Waals surface area contributed by atoms with Gasteiger partial charge < -0.3 is 10.5 Å². The molecule has 0 bridgehead atoms. The molecule has 0 aromatic heterocycles. The van der Waals surface area contributed by atoms with Crippen molar-refractivity contribution in [3.63, 3.8) is 0 Å². The molecule has 2 rings (SSSR count). The summed E-state index contributed by atoms with van der Waals surface area (Å²) >= 11 is 5.84. The van der Waals surface area contributed by atoms with Crippen molar-refractivity contribution in [1.29, 1.82) is 0 Å². The third kappa shape index (κ3) is 2.77. The Morgan fingerprint density at radius 2 is 1.76 bits per heavy atom. The molecule has 2 aromatic rings. The number of ether oxygens (including phenoxy) is 1. The maximum Gasteiger partial charge on any atom is 0.250 e. The Morgan fingerprint density at radius 1 is 1.06 bits per heavy atom. The molecule has 2 N–H and O–H groups in total. The van der Waals surface area contributed by atoms with E-state index in [2.05, 4.69) is 0 Å². The molecule has 86 valence electrons. The third-order valence-electron chi connectivity index (χ3n) is 2.18. The van der Waals surface area contributed by atoms with Crippen molar-refractivity contribution in [1.82, 2.24) is 0 Å². The Bertz CT molecular complexity index is 540. The van der Waals surface area contributed by atoms with Crippen LogP contribution in [-0.2, 0) is 0 Å². The highest BCUT2D eigenvalue weighted by molar-refractivity contribution is 6.33. The molecule has 0 saturated heterocycles. The van der Waals surface area contributed by atoms with E-state index >= 15 is 0 Å². The molecule has 1 amide bonds. The van der Waals surface area contributed by atoms with E-state index in [4.69, 9.17) is 22.1 Å². The maximum absolute atomic E-state index is 11.1. The first-order valence-corrected chi connectivity index (χ1v) is 5.37. The molecule has 0 heterocycles. The molecule has 0 saturated carbocycles. The topological polar surface area (TPSA) is 52.3 Å². The van der Waals surface area contributed by atoms with Crippen LogP contribution < -0.4 is 10.5 Å². The predicted molar refractivity (Wildman–Crippen MR) is 66.5 cm³/mol. The van der Waals surface area contributed by atoms with Crippen molar-refractivity contribution in [3.05, 3.63) is 59.1 Å². The van der Waals surface area contributed by atoms with Gasteiger partial charge in [0.2, 0.25) is 5.91 Å². The van der Waals surface area contributed by atoms with E-state index in [1.807, 2.05) is 30.3 Å². The standard InChI is InChI=1S/C13H10ClNO2/c14-12-7-6-10(8-11(12)13(15)16)17-9-4-2-1-3-5-9/h1-8H,(H2,15,16). The second-order valence-corrected chi connectivity index (χ2v) is 3.83. The summed E-state index contributed by atoms with van der Waals surface area (Å²) in [5.41, 5.74) is 5.45. The number of amides is 1. The van der Waals surface area contributed by atoms with Crippen LogP contribution in [0.3, 0.4) is 0 Å². The van der Waals surface area contributed by atoms with Gasteiger partial charge in [-0.25, -0.2) is 0 Å². The summed E-state index contributed by atoms with van der Waals surface area (Å²) in [5.74, 6) is 0.633. The van der Waals surface area contributed by atoms with Gasteiger partial charge in [-0.2, -0.15) is 0 Å². The Kier molecular flexibility index (Phi) is 3.30. The highest BCUT2D eigenvalue weighted by atomic mass is 35.5. The zero-order valence-electron chi connectivity index (χ0n) is 8.89. The number of carbonyl (C=O) groups excluding carboxylic acids is 1. The van der Waals surface area contributed by atoms with Gasteiger partial charge in [0.15, 0.2) is 0 Å². The van der Waals surface area contributed by atoms with Gasteiger partial charge in [-0.3, -0.25) is 4.79 Å². The average molecular weight is 248 g/mol. The van der Waals surface area contributed by atoms with E-state index in [1.54, 1.807) is 12.1 Å². The Balaban J connectivity index is 2.29. The summed E-state index contributed by atoms with van der Waals surface area (Å²) in [6.45, 7) is 0. The largest absolute Gasteiger partial charge is 0.457 e. The minimum atomic E-state index is -0.575. The van der Waals surface area contributed by atoms with Gasteiger partial charge in [-0.1, -0.05) is 29.8 Å². The molecule has 0 unspecified atom stereocenters. The molecule has 2 aromatic carbocycles. The zero-order chi connectivity index (χ0) is 12.3. The van der Waals surface area contributed by atoms with Gasteiger partial charge in [-0.05, 0) is 30.3 Å². The first-order chi connectivity index (χ1) is 8.16. The predicted octanol–water partition coefficient (Wildman–Crippen LogP) is 3.23. The van der Waals surface area contributed by atoms with Crippen molar-refractivity contribution in [3.8, 4) is 11.5 Å². The first-order valence-electron chi connectivity index (χ1n) is 4.99. The lowest BCUT2D eigenvalue weighted by Crippen LogP contribution is -2.11. The quantitative estimate of drug-likeness (QED) is 0.905. The molecule has 0 fully saturated rings. The van der Waals surface area contributed by atoms with E-state index in [0.717, 1.165) is 0 Å². The monoisotopic (exact) mass is 247 g/mol. The normalized spacial score (nSPS) is 9.94. The van der Waals surface area contributed by atoms with Gasteiger partial charge in [0.05, 0.1) is 10.6 Å². The molecule has 0 aliphatic heterocycles.